The van der Waals surface area contributed by atoms with E-state index in [-0.39, 0.29) is 11.2 Å². The van der Waals surface area contributed by atoms with Gasteiger partial charge in [0.1, 0.15) is 11.2 Å². The van der Waals surface area contributed by atoms with Crippen molar-refractivity contribution >= 4 is 0 Å². The Balaban J connectivity index is 1.42. The molecule has 0 amide bonds. The first kappa shape index (κ1) is 25.9. The zero-order valence-corrected chi connectivity index (χ0v) is 24.0. The Morgan fingerprint density at radius 1 is 0.571 bits per heavy atom. The maximum absolute atomic E-state index is 10.8. The van der Waals surface area contributed by atoms with Crippen LogP contribution in [0.4, 0.5) is 0 Å². The molecule has 42 heavy (non-hydrogen) atoms. The van der Waals surface area contributed by atoms with Gasteiger partial charge in [0.05, 0.1) is 17.1 Å². The number of pyridine rings is 2. The SMILES string of the molecule is CC(C)(C)c1ccc(O)c(-c2cccc(-c3cccc(C4(c5ccccn5)c5ccccc5-c5ccccc54)n3)c2)c1. The summed E-state index contributed by atoms with van der Waals surface area (Å²) in [4.78, 5) is 10.3. The zero-order valence-electron chi connectivity index (χ0n) is 24.0. The quantitative estimate of drug-likeness (QED) is 0.240. The van der Waals surface area contributed by atoms with Crippen molar-refractivity contribution in [1.82, 2.24) is 9.97 Å². The molecule has 0 saturated carbocycles. The van der Waals surface area contributed by atoms with Crippen LogP contribution in [0.1, 0.15) is 48.8 Å². The number of phenolic OH excluding ortho intramolecular Hbond substituents is 1. The fourth-order valence-corrected chi connectivity index (χ4v) is 6.39. The van der Waals surface area contributed by atoms with E-state index in [1.807, 2.05) is 30.5 Å². The van der Waals surface area contributed by atoms with E-state index >= 15 is 0 Å². The molecule has 2 aromatic heterocycles. The summed E-state index contributed by atoms with van der Waals surface area (Å²) in [5.41, 5.74) is 10.8. The van der Waals surface area contributed by atoms with E-state index in [0.29, 0.717) is 0 Å². The van der Waals surface area contributed by atoms with Crippen molar-refractivity contribution in [2.24, 2.45) is 0 Å². The summed E-state index contributed by atoms with van der Waals surface area (Å²) in [6, 6.07) is 43.8. The summed E-state index contributed by atoms with van der Waals surface area (Å²) in [6.07, 6.45) is 1.87. The minimum absolute atomic E-state index is 0.0242. The number of hydrogen-bond donors (Lipinski definition) is 1. The monoisotopic (exact) mass is 544 g/mol. The van der Waals surface area contributed by atoms with Gasteiger partial charge in [0.25, 0.3) is 0 Å². The summed E-state index contributed by atoms with van der Waals surface area (Å²) >= 11 is 0. The number of aromatic hydroxyl groups is 1. The molecule has 1 aliphatic rings. The lowest BCUT2D eigenvalue weighted by Gasteiger charge is -2.31. The van der Waals surface area contributed by atoms with Crippen molar-refractivity contribution in [3.8, 4) is 39.3 Å². The number of phenols is 1. The summed E-state index contributed by atoms with van der Waals surface area (Å²) in [6.45, 7) is 6.56. The van der Waals surface area contributed by atoms with Crippen molar-refractivity contribution in [2.45, 2.75) is 31.6 Å². The predicted molar refractivity (Wildman–Crippen MR) is 171 cm³/mol. The summed E-state index contributed by atoms with van der Waals surface area (Å²) in [5.74, 6) is 0.273. The Morgan fingerprint density at radius 3 is 1.90 bits per heavy atom. The normalized spacial score (nSPS) is 13.4. The molecule has 4 aromatic carbocycles. The van der Waals surface area contributed by atoms with Crippen molar-refractivity contribution in [3.63, 3.8) is 0 Å². The summed E-state index contributed by atoms with van der Waals surface area (Å²) < 4.78 is 0. The molecule has 0 radical (unpaired) electrons. The Morgan fingerprint density at radius 2 is 1.21 bits per heavy atom. The molecule has 1 N–H and O–H groups in total. The minimum atomic E-state index is -0.651. The summed E-state index contributed by atoms with van der Waals surface area (Å²) in [5, 5.41) is 10.8. The summed E-state index contributed by atoms with van der Waals surface area (Å²) in [7, 11) is 0. The Hall–Kier alpha value is -5.02. The van der Waals surface area contributed by atoms with Gasteiger partial charge in [0.2, 0.25) is 0 Å². The molecule has 2 heterocycles. The van der Waals surface area contributed by atoms with E-state index in [0.717, 1.165) is 33.8 Å². The Bertz CT molecular complexity index is 1890. The highest BCUT2D eigenvalue weighted by atomic mass is 16.3. The van der Waals surface area contributed by atoms with Gasteiger partial charge in [-0.05, 0) is 81.3 Å². The van der Waals surface area contributed by atoms with E-state index < -0.39 is 5.41 Å². The van der Waals surface area contributed by atoms with Crippen molar-refractivity contribution in [3.05, 3.63) is 162 Å². The second kappa shape index (κ2) is 9.81. The highest BCUT2D eigenvalue weighted by molar-refractivity contribution is 5.85. The topological polar surface area (TPSA) is 46.0 Å². The number of benzene rings is 4. The third-order valence-electron chi connectivity index (χ3n) is 8.47. The Labute approximate surface area is 247 Å². The number of rotatable bonds is 4. The fourth-order valence-electron chi connectivity index (χ4n) is 6.39. The molecule has 0 unspecified atom stereocenters. The maximum atomic E-state index is 10.8. The molecular weight excluding hydrogens is 512 g/mol. The van der Waals surface area contributed by atoms with Gasteiger partial charge in [0, 0.05) is 17.3 Å². The van der Waals surface area contributed by atoms with Crippen LogP contribution in [0.3, 0.4) is 0 Å². The van der Waals surface area contributed by atoms with Gasteiger partial charge in [-0.15, -0.1) is 0 Å². The lowest BCUT2D eigenvalue weighted by molar-refractivity contribution is 0.476. The second-order valence-electron chi connectivity index (χ2n) is 12.0. The van der Waals surface area contributed by atoms with Crippen molar-refractivity contribution in [1.29, 1.82) is 0 Å². The van der Waals surface area contributed by atoms with Crippen LogP contribution in [0.15, 0.2) is 134 Å². The zero-order chi connectivity index (χ0) is 28.9. The molecule has 0 aliphatic heterocycles. The molecule has 0 fully saturated rings. The van der Waals surface area contributed by atoms with Gasteiger partial charge in [-0.3, -0.25) is 9.97 Å². The van der Waals surface area contributed by atoms with Gasteiger partial charge < -0.3 is 5.11 Å². The second-order valence-corrected chi connectivity index (χ2v) is 12.0. The van der Waals surface area contributed by atoms with E-state index in [1.54, 1.807) is 6.07 Å². The first-order chi connectivity index (χ1) is 20.4. The van der Waals surface area contributed by atoms with Crippen LogP contribution in [0.2, 0.25) is 0 Å². The molecule has 6 aromatic rings. The highest BCUT2D eigenvalue weighted by Gasteiger charge is 2.48. The van der Waals surface area contributed by atoms with Crippen LogP contribution >= 0.6 is 0 Å². The van der Waals surface area contributed by atoms with Crippen LogP contribution in [0, 0.1) is 0 Å². The van der Waals surface area contributed by atoms with Crippen LogP contribution in [0.5, 0.6) is 5.75 Å². The van der Waals surface area contributed by atoms with Crippen LogP contribution in [-0.2, 0) is 10.8 Å². The molecule has 1 aliphatic carbocycles. The lowest BCUT2D eigenvalue weighted by atomic mass is 9.72. The lowest BCUT2D eigenvalue weighted by Crippen LogP contribution is -2.31. The largest absolute Gasteiger partial charge is 0.507 e. The number of aromatic nitrogens is 2. The molecule has 204 valence electrons. The average molecular weight is 545 g/mol. The molecule has 0 bridgehead atoms. The predicted octanol–water partition coefficient (Wildman–Crippen LogP) is 9.18. The molecule has 3 nitrogen and oxygen atoms in total. The number of hydrogen-bond acceptors (Lipinski definition) is 3. The third-order valence-corrected chi connectivity index (χ3v) is 8.47. The highest BCUT2D eigenvalue weighted by Crippen LogP contribution is 2.55. The average Bonchev–Trinajstić information content (AvgIpc) is 3.33. The molecular formula is C39H32N2O. The van der Waals surface area contributed by atoms with Crippen LogP contribution in [-0.4, -0.2) is 15.1 Å². The van der Waals surface area contributed by atoms with E-state index in [9.17, 15) is 5.11 Å². The maximum Gasteiger partial charge on any atom is 0.123 e. The van der Waals surface area contributed by atoms with Crippen molar-refractivity contribution in [2.75, 3.05) is 0 Å². The van der Waals surface area contributed by atoms with Gasteiger partial charge in [-0.25, -0.2) is 0 Å². The number of fused-ring (bicyclic) bond motifs is 3. The van der Waals surface area contributed by atoms with E-state index in [1.165, 1.54) is 27.8 Å². The molecule has 7 rings (SSSR count). The molecule has 0 atom stereocenters. The van der Waals surface area contributed by atoms with E-state index in [2.05, 4.69) is 118 Å². The third kappa shape index (κ3) is 4.04. The Kier molecular flexibility index (Phi) is 6.06. The van der Waals surface area contributed by atoms with Crippen LogP contribution < -0.4 is 0 Å². The van der Waals surface area contributed by atoms with Gasteiger partial charge in [-0.1, -0.05) is 106 Å². The standard InChI is InChI=1S/C39H32N2O/c1-38(2,3)28-21-22-35(42)31(25-28)26-12-10-13-27(24-26)34-18-11-20-37(41-34)39(36-19-8-9-23-40-36)32-16-6-4-14-29(32)30-15-5-7-17-33(30)39/h4-25,42H,1-3H3. The first-order valence-corrected chi connectivity index (χ1v) is 14.4. The smallest absolute Gasteiger partial charge is 0.123 e. The fraction of sp³-hybridized carbons (Fsp3) is 0.128. The van der Waals surface area contributed by atoms with Gasteiger partial charge in [-0.2, -0.15) is 0 Å². The number of nitrogens with zero attached hydrogens (tertiary/aromatic N) is 2. The van der Waals surface area contributed by atoms with Gasteiger partial charge >= 0.3 is 0 Å². The van der Waals surface area contributed by atoms with Crippen LogP contribution in [0.25, 0.3) is 33.5 Å². The van der Waals surface area contributed by atoms with E-state index in [4.69, 9.17) is 9.97 Å². The van der Waals surface area contributed by atoms with Crippen molar-refractivity contribution < 1.29 is 5.11 Å². The minimum Gasteiger partial charge on any atom is -0.507 e. The molecule has 3 heteroatoms. The first-order valence-electron chi connectivity index (χ1n) is 14.4. The van der Waals surface area contributed by atoms with Gasteiger partial charge in [0.15, 0.2) is 0 Å². The molecule has 0 spiro atoms. The molecule has 0 saturated heterocycles.